The summed E-state index contributed by atoms with van der Waals surface area (Å²) < 4.78 is 10.5. The van der Waals surface area contributed by atoms with Crippen LogP contribution < -0.4 is 10.1 Å². The molecule has 1 saturated heterocycles. The summed E-state index contributed by atoms with van der Waals surface area (Å²) in [4.78, 5) is 15.0. The number of hydrogen-bond donors (Lipinski definition) is 1. The van der Waals surface area contributed by atoms with Gasteiger partial charge in [0, 0.05) is 12.3 Å². The van der Waals surface area contributed by atoms with Gasteiger partial charge in [0.25, 0.3) is 0 Å². The first-order valence-electron chi connectivity index (χ1n) is 6.41. The summed E-state index contributed by atoms with van der Waals surface area (Å²) in [5.41, 5.74) is 1.12. The Balaban J connectivity index is 1.61. The number of amides is 1. The second-order valence-corrected chi connectivity index (χ2v) is 4.56. The van der Waals surface area contributed by atoms with Crippen LogP contribution >= 0.6 is 0 Å². The highest BCUT2D eigenvalue weighted by atomic mass is 16.6. The van der Waals surface area contributed by atoms with Gasteiger partial charge in [0.1, 0.15) is 12.4 Å². The number of aromatic nitrogens is 1. The molecule has 5 heteroatoms. The average Bonchev–Trinajstić information content (AvgIpc) is 2.88. The summed E-state index contributed by atoms with van der Waals surface area (Å²) >= 11 is 0. The second kappa shape index (κ2) is 5.61. The van der Waals surface area contributed by atoms with E-state index in [1.54, 1.807) is 12.3 Å². The highest BCUT2D eigenvalue weighted by molar-refractivity contribution is 5.69. The third-order valence-electron chi connectivity index (χ3n) is 3.00. The molecular weight excluding hydrogens is 256 g/mol. The molecule has 0 bridgehead atoms. The largest absolute Gasteiger partial charge is 0.447 e. The van der Waals surface area contributed by atoms with Gasteiger partial charge in [-0.05, 0) is 30.2 Å². The molecule has 1 unspecified atom stereocenters. The number of alkyl carbamates (subject to hydrolysis) is 1. The van der Waals surface area contributed by atoms with E-state index in [0.29, 0.717) is 12.5 Å². The fourth-order valence-corrected chi connectivity index (χ4v) is 2.04. The lowest BCUT2D eigenvalue weighted by molar-refractivity contribution is 0.177. The number of ether oxygens (including phenoxy) is 2. The van der Waals surface area contributed by atoms with Crippen LogP contribution in [0.2, 0.25) is 0 Å². The van der Waals surface area contributed by atoms with Crippen molar-refractivity contribution in [1.29, 1.82) is 0 Å². The number of nitrogens with zero attached hydrogens (tertiary/aromatic N) is 1. The summed E-state index contributed by atoms with van der Waals surface area (Å²) in [6.45, 7) is 0.422. The smallest absolute Gasteiger partial charge is 0.407 e. The Morgan fingerprint density at radius 3 is 2.75 bits per heavy atom. The normalized spacial score (nSPS) is 17.4. The minimum Gasteiger partial charge on any atom is -0.447 e. The molecule has 1 aromatic heterocycles. The maximum Gasteiger partial charge on any atom is 0.407 e. The molecule has 5 nitrogen and oxygen atoms in total. The van der Waals surface area contributed by atoms with Crippen molar-refractivity contribution in [3.63, 3.8) is 0 Å². The molecule has 20 heavy (non-hydrogen) atoms. The minimum absolute atomic E-state index is 0.0464. The maximum absolute atomic E-state index is 10.9. The van der Waals surface area contributed by atoms with Gasteiger partial charge >= 0.3 is 6.09 Å². The quantitative estimate of drug-likeness (QED) is 0.927. The van der Waals surface area contributed by atoms with E-state index in [1.807, 2.05) is 36.4 Å². The van der Waals surface area contributed by atoms with Crippen molar-refractivity contribution < 1.29 is 14.3 Å². The lowest BCUT2D eigenvalue weighted by atomic mass is 10.1. The Morgan fingerprint density at radius 1 is 1.25 bits per heavy atom. The van der Waals surface area contributed by atoms with Crippen molar-refractivity contribution in [3.05, 3.63) is 54.2 Å². The Labute approximate surface area is 116 Å². The van der Waals surface area contributed by atoms with Gasteiger partial charge in [-0.3, -0.25) is 0 Å². The van der Waals surface area contributed by atoms with Crippen LogP contribution in [0, 0.1) is 0 Å². The molecule has 0 aliphatic carbocycles. The lowest BCUT2D eigenvalue weighted by Crippen LogP contribution is -2.28. The number of hydrogen-bond acceptors (Lipinski definition) is 4. The van der Waals surface area contributed by atoms with Crippen LogP contribution in [-0.4, -0.2) is 23.7 Å². The number of carbonyl (C=O) groups is 1. The zero-order valence-corrected chi connectivity index (χ0v) is 10.8. The molecule has 1 aromatic carbocycles. The summed E-state index contributed by atoms with van der Waals surface area (Å²) in [5.74, 6) is 1.30. The first-order valence-corrected chi connectivity index (χ1v) is 6.41. The van der Waals surface area contributed by atoms with Crippen LogP contribution in [0.5, 0.6) is 11.6 Å². The van der Waals surface area contributed by atoms with Gasteiger partial charge in [0.05, 0.1) is 6.04 Å². The molecule has 1 aliphatic heterocycles. The van der Waals surface area contributed by atoms with Crippen molar-refractivity contribution in [2.75, 3.05) is 6.61 Å². The Bertz CT molecular complexity index is 584. The van der Waals surface area contributed by atoms with Gasteiger partial charge in [-0.1, -0.05) is 18.2 Å². The van der Waals surface area contributed by atoms with Crippen molar-refractivity contribution >= 4 is 6.09 Å². The van der Waals surface area contributed by atoms with Crippen LogP contribution in [0.1, 0.15) is 5.56 Å². The maximum atomic E-state index is 10.9. The molecule has 2 heterocycles. The summed E-state index contributed by atoms with van der Waals surface area (Å²) in [7, 11) is 0. The first-order chi connectivity index (χ1) is 9.79. The topological polar surface area (TPSA) is 60.5 Å². The van der Waals surface area contributed by atoms with Gasteiger partial charge in [0.2, 0.25) is 5.88 Å². The van der Waals surface area contributed by atoms with Gasteiger partial charge < -0.3 is 14.8 Å². The summed E-state index contributed by atoms with van der Waals surface area (Å²) in [6.07, 6.45) is 2.09. The zero-order valence-electron chi connectivity index (χ0n) is 10.8. The van der Waals surface area contributed by atoms with E-state index in [4.69, 9.17) is 9.47 Å². The molecule has 1 aliphatic rings. The van der Waals surface area contributed by atoms with Gasteiger partial charge in [0.15, 0.2) is 0 Å². The highest BCUT2D eigenvalue weighted by Gasteiger charge is 2.21. The second-order valence-electron chi connectivity index (χ2n) is 4.56. The standard InChI is InChI=1S/C15H14N2O3/c18-15-17-12(10-19-15)9-11-4-6-13(7-5-11)20-14-3-1-2-8-16-14/h1-8,12H,9-10H2,(H,17,18). The van der Waals surface area contributed by atoms with E-state index in [2.05, 4.69) is 10.3 Å². The number of nitrogens with one attached hydrogen (secondary N) is 1. The van der Waals surface area contributed by atoms with Crippen LogP contribution in [0.4, 0.5) is 4.79 Å². The van der Waals surface area contributed by atoms with Crippen LogP contribution in [-0.2, 0) is 11.2 Å². The molecule has 0 saturated carbocycles. The van der Waals surface area contributed by atoms with E-state index in [1.165, 1.54) is 0 Å². The predicted octanol–water partition coefficient (Wildman–Crippen LogP) is 2.52. The molecule has 1 amide bonds. The summed E-state index contributed by atoms with van der Waals surface area (Å²) in [5, 5.41) is 2.75. The van der Waals surface area contributed by atoms with E-state index < -0.39 is 0 Å². The Hall–Kier alpha value is -2.56. The van der Waals surface area contributed by atoms with E-state index >= 15 is 0 Å². The minimum atomic E-state index is -0.342. The number of carbonyl (C=O) groups excluding carboxylic acids is 1. The number of cyclic esters (lactones) is 1. The molecule has 3 rings (SSSR count). The van der Waals surface area contributed by atoms with Crippen molar-refractivity contribution in [1.82, 2.24) is 10.3 Å². The van der Waals surface area contributed by atoms with Gasteiger partial charge in [-0.2, -0.15) is 0 Å². The average molecular weight is 270 g/mol. The third-order valence-corrected chi connectivity index (χ3v) is 3.00. The Kier molecular flexibility index (Phi) is 3.50. The van der Waals surface area contributed by atoms with Gasteiger partial charge in [-0.15, -0.1) is 0 Å². The van der Waals surface area contributed by atoms with Crippen LogP contribution in [0.3, 0.4) is 0 Å². The van der Waals surface area contributed by atoms with Gasteiger partial charge in [-0.25, -0.2) is 9.78 Å². The fraction of sp³-hybridized carbons (Fsp3) is 0.200. The number of rotatable bonds is 4. The van der Waals surface area contributed by atoms with E-state index in [0.717, 1.165) is 17.7 Å². The molecule has 0 radical (unpaired) electrons. The predicted molar refractivity (Wildman–Crippen MR) is 72.7 cm³/mol. The van der Waals surface area contributed by atoms with Crippen LogP contribution in [0.15, 0.2) is 48.7 Å². The molecule has 2 aromatic rings. The van der Waals surface area contributed by atoms with Crippen LogP contribution in [0.25, 0.3) is 0 Å². The molecule has 1 N–H and O–H groups in total. The monoisotopic (exact) mass is 270 g/mol. The molecule has 102 valence electrons. The zero-order chi connectivity index (χ0) is 13.8. The summed E-state index contributed by atoms with van der Waals surface area (Å²) in [6, 6.07) is 13.3. The molecule has 1 atom stereocenters. The van der Waals surface area contributed by atoms with Crippen molar-refractivity contribution in [3.8, 4) is 11.6 Å². The number of benzene rings is 1. The first kappa shape index (κ1) is 12.5. The fourth-order valence-electron chi connectivity index (χ4n) is 2.04. The third kappa shape index (κ3) is 3.06. The molecule has 1 fully saturated rings. The SMILES string of the molecule is O=C1NC(Cc2ccc(Oc3ccccn3)cc2)CO1. The van der Waals surface area contributed by atoms with E-state index in [9.17, 15) is 4.79 Å². The molecular formula is C15H14N2O3. The molecule has 0 spiro atoms. The van der Waals surface area contributed by atoms with E-state index in [-0.39, 0.29) is 12.1 Å². The van der Waals surface area contributed by atoms with Crippen molar-refractivity contribution in [2.24, 2.45) is 0 Å². The highest BCUT2D eigenvalue weighted by Crippen LogP contribution is 2.20. The Morgan fingerprint density at radius 2 is 2.10 bits per heavy atom. The number of pyridine rings is 1. The lowest BCUT2D eigenvalue weighted by Gasteiger charge is -2.08. The van der Waals surface area contributed by atoms with Crippen molar-refractivity contribution in [2.45, 2.75) is 12.5 Å².